The van der Waals surface area contributed by atoms with Gasteiger partial charge in [-0.1, -0.05) is 0 Å². The molecule has 5 N–H and O–H groups in total. The van der Waals surface area contributed by atoms with E-state index < -0.39 is 11.6 Å². The molecule has 0 aliphatic heterocycles. The van der Waals surface area contributed by atoms with Gasteiger partial charge in [0.05, 0.1) is 0 Å². The molecule has 6 nitrogen and oxygen atoms in total. The summed E-state index contributed by atoms with van der Waals surface area (Å²) in [7, 11) is 0. The van der Waals surface area contributed by atoms with Gasteiger partial charge in [0.2, 0.25) is 0 Å². The first-order chi connectivity index (χ1) is 6.75. The number of hydrazine groups is 1. The molecule has 0 aliphatic rings. The van der Waals surface area contributed by atoms with Gasteiger partial charge < -0.3 is 15.7 Å². The van der Waals surface area contributed by atoms with Crippen molar-refractivity contribution in [2.75, 3.05) is 13.1 Å². The second-order valence-electron chi connectivity index (χ2n) is 4.02. The molecular formula is C8H18N4O2S. The lowest BCUT2D eigenvalue weighted by atomic mass is 10.1. The van der Waals surface area contributed by atoms with Crippen LogP contribution in [0, 0.1) is 0 Å². The molecular weight excluding hydrogens is 216 g/mol. The first-order valence-corrected chi connectivity index (χ1v) is 4.95. The van der Waals surface area contributed by atoms with Crippen LogP contribution in [0.25, 0.3) is 0 Å². The summed E-state index contributed by atoms with van der Waals surface area (Å²) in [5, 5.41) is 9.08. The first-order valence-electron chi connectivity index (χ1n) is 4.54. The van der Waals surface area contributed by atoms with Gasteiger partial charge in [-0.2, -0.15) is 0 Å². The van der Waals surface area contributed by atoms with Crippen LogP contribution in [0.1, 0.15) is 20.8 Å². The van der Waals surface area contributed by atoms with Gasteiger partial charge in [-0.05, 0) is 33.0 Å². The maximum Gasteiger partial charge on any atom is 0.407 e. The highest BCUT2D eigenvalue weighted by atomic mass is 32.1. The third-order valence-corrected chi connectivity index (χ3v) is 1.81. The standard InChI is InChI=1S/C8H18N4O2S/c1-8(2,3)12(7(13)14)5-4-10-11-6(9)15/h10H,4-5H2,1-3H3,(H,13,14)(H3,9,11,15). The Morgan fingerprint density at radius 2 is 2.07 bits per heavy atom. The van der Waals surface area contributed by atoms with Gasteiger partial charge in [0, 0.05) is 18.6 Å². The van der Waals surface area contributed by atoms with Crippen LogP contribution in [0.15, 0.2) is 0 Å². The highest BCUT2D eigenvalue weighted by molar-refractivity contribution is 7.80. The van der Waals surface area contributed by atoms with Gasteiger partial charge in [-0.15, -0.1) is 0 Å². The van der Waals surface area contributed by atoms with Gasteiger partial charge in [-0.3, -0.25) is 5.43 Å². The third-order valence-electron chi connectivity index (χ3n) is 1.71. The van der Waals surface area contributed by atoms with Crippen molar-refractivity contribution in [3.05, 3.63) is 0 Å². The normalized spacial score (nSPS) is 10.9. The fraction of sp³-hybridized carbons (Fsp3) is 0.750. The van der Waals surface area contributed by atoms with Crippen molar-refractivity contribution in [1.82, 2.24) is 15.8 Å². The van der Waals surface area contributed by atoms with Crippen molar-refractivity contribution < 1.29 is 9.90 Å². The Morgan fingerprint density at radius 1 is 1.53 bits per heavy atom. The summed E-state index contributed by atoms with van der Waals surface area (Å²) in [4.78, 5) is 12.2. The van der Waals surface area contributed by atoms with Gasteiger partial charge in [0.25, 0.3) is 0 Å². The predicted molar refractivity (Wildman–Crippen MR) is 62.4 cm³/mol. The van der Waals surface area contributed by atoms with Gasteiger partial charge in [-0.25, -0.2) is 10.2 Å². The van der Waals surface area contributed by atoms with Crippen molar-refractivity contribution >= 4 is 23.4 Å². The summed E-state index contributed by atoms with van der Waals surface area (Å²) in [5.41, 5.74) is 10.0. The average molecular weight is 234 g/mol. The molecule has 0 aliphatic carbocycles. The minimum atomic E-state index is -0.945. The van der Waals surface area contributed by atoms with E-state index in [1.807, 2.05) is 20.8 Å². The number of nitrogens with zero attached hydrogens (tertiary/aromatic N) is 1. The van der Waals surface area contributed by atoms with Crippen LogP contribution >= 0.6 is 12.2 Å². The molecule has 0 unspecified atom stereocenters. The van der Waals surface area contributed by atoms with Crippen LogP contribution in [-0.2, 0) is 0 Å². The van der Waals surface area contributed by atoms with Crippen LogP contribution in [0.4, 0.5) is 4.79 Å². The quantitative estimate of drug-likeness (QED) is 0.313. The molecule has 0 bridgehead atoms. The Morgan fingerprint density at radius 3 is 2.40 bits per heavy atom. The summed E-state index contributed by atoms with van der Waals surface area (Å²) in [6.07, 6.45) is -0.945. The second-order valence-corrected chi connectivity index (χ2v) is 4.46. The number of amides is 1. The minimum absolute atomic E-state index is 0.132. The van der Waals surface area contributed by atoms with E-state index in [-0.39, 0.29) is 5.11 Å². The monoisotopic (exact) mass is 234 g/mol. The summed E-state index contributed by atoms with van der Waals surface area (Å²) in [6, 6.07) is 0. The molecule has 0 aromatic carbocycles. The molecule has 0 heterocycles. The fourth-order valence-corrected chi connectivity index (χ4v) is 1.11. The second kappa shape index (κ2) is 5.72. The van der Waals surface area contributed by atoms with E-state index in [1.54, 1.807) is 0 Å². The number of carboxylic acid groups (broad SMARTS) is 1. The average Bonchev–Trinajstić information content (AvgIpc) is 1.99. The molecule has 15 heavy (non-hydrogen) atoms. The number of rotatable bonds is 4. The van der Waals surface area contributed by atoms with E-state index >= 15 is 0 Å². The first kappa shape index (κ1) is 13.9. The van der Waals surface area contributed by atoms with Crippen molar-refractivity contribution in [1.29, 1.82) is 0 Å². The minimum Gasteiger partial charge on any atom is -0.465 e. The Labute approximate surface area is 94.8 Å². The summed E-state index contributed by atoms with van der Waals surface area (Å²) >= 11 is 4.57. The Bertz CT molecular complexity index is 239. The molecule has 88 valence electrons. The number of nitrogens with two attached hydrogens (primary N) is 1. The van der Waals surface area contributed by atoms with Crippen LogP contribution in [-0.4, -0.2) is 39.8 Å². The van der Waals surface area contributed by atoms with Crippen molar-refractivity contribution in [3.8, 4) is 0 Å². The van der Waals surface area contributed by atoms with Gasteiger partial charge in [0.15, 0.2) is 5.11 Å². The van der Waals surface area contributed by atoms with Crippen LogP contribution < -0.4 is 16.6 Å². The third kappa shape index (κ3) is 6.08. The molecule has 0 saturated carbocycles. The lowest BCUT2D eigenvalue weighted by molar-refractivity contribution is 0.101. The number of hydrogen-bond acceptors (Lipinski definition) is 3. The van der Waals surface area contributed by atoms with E-state index in [0.29, 0.717) is 13.1 Å². The summed E-state index contributed by atoms with van der Waals surface area (Å²) in [5.74, 6) is 0. The number of thiocarbonyl (C=S) groups is 1. The topological polar surface area (TPSA) is 90.6 Å². The SMILES string of the molecule is CC(C)(C)N(CCNNC(N)=S)C(=O)O. The maximum atomic E-state index is 10.9. The Hall–Kier alpha value is -1.08. The zero-order valence-electron chi connectivity index (χ0n) is 9.20. The van der Waals surface area contributed by atoms with E-state index in [0.717, 1.165) is 0 Å². The van der Waals surface area contributed by atoms with Crippen molar-refractivity contribution in [2.45, 2.75) is 26.3 Å². The van der Waals surface area contributed by atoms with E-state index in [4.69, 9.17) is 10.8 Å². The molecule has 7 heteroatoms. The molecule has 0 radical (unpaired) electrons. The highest BCUT2D eigenvalue weighted by Gasteiger charge is 2.25. The highest BCUT2D eigenvalue weighted by Crippen LogP contribution is 2.12. The van der Waals surface area contributed by atoms with Crippen LogP contribution in [0.5, 0.6) is 0 Å². The zero-order valence-corrected chi connectivity index (χ0v) is 10.0. The van der Waals surface area contributed by atoms with E-state index in [9.17, 15) is 4.79 Å². The molecule has 0 saturated heterocycles. The molecule has 0 rings (SSSR count). The predicted octanol–water partition coefficient (Wildman–Crippen LogP) is 0.103. The molecule has 0 spiro atoms. The van der Waals surface area contributed by atoms with Crippen molar-refractivity contribution in [2.24, 2.45) is 5.73 Å². The fourth-order valence-electron chi connectivity index (χ4n) is 1.04. The Kier molecular flexibility index (Phi) is 5.31. The molecule has 0 fully saturated rings. The number of nitrogens with one attached hydrogen (secondary N) is 2. The Balaban J connectivity index is 3.99. The maximum absolute atomic E-state index is 10.9. The molecule has 0 aromatic heterocycles. The number of carbonyl (C=O) groups is 1. The lowest BCUT2D eigenvalue weighted by Crippen LogP contribution is -2.50. The zero-order chi connectivity index (χ0) is 12.1. The summed E-state index contributed by atoms with van der Waals surface area (Å²) < 4.78 is 0. The molecule has 0 atom stereocenters. The smallest absolute Gasteiger partial charge is 0.407 e. The summed E-state index contributed by atoms with van der Waals surface area (Å²) in [6.45, 7) is 6.29. The van der Waals surface area contributed by atoms with Crippen LogP contribution in [0.2, 0.25) is 0 Å². The van der Waals surface area contributed by atoms with Gasteiger partial charge >= 0.3 is 6.09 Å². The van der Waals surface area contributed by atoms with E-state index in [2.05, 4.69) is 23.1 Å². The largest absolute Gasteiger partial charge is 0.465 e. The van der Waals surface area contributed by atoms with E-state index in [1.165, 1.54) is 4.90 Å². The van der Waals surface area contributed by atoms with Crippen molar-refractivity contribution in [3.63, 3.8) is 0 Å². The van der Waals surface area contributed by atoms with Crippen LogP contribution in [0.3, 0.4) is 0 Å². The number of hydrogen-bond donors (Lipinski definition) is 4. The lowest BCUT2D eigenvalue weighted by Gasteiger charge is -2.33. The molecule has 0 aromatic rings. The van der Waals surface area contributed by atoms with Gasteiger partial charge in [0.1, 0.15) is 0 Å². The molecule has 1 amide bonds.